The Labute approximate surface area is 199 Å². The average molecular weight is 467 g/mol. The number of furan rings is 1. The summed E-state index contributed by atoms with van der Waals surface area (Å²) in [6, 6.07) is 9.46. The summed E-state index contributed by atoms with van der Waals surface area (Å²) in [5.74, 6) is 0.151. The number of aliphatic hydroxyl groups excluding tert-OH is 1. The lowest BCUT2D eigenvalue weighted by molar-refractivity contribution is -0.140. The smallest absolute Gasteiger partial charge is 0.295 e. The highest BCUT2D eigenvalue weighted by Gasteiger charge is 2.47. The number of nitrogens with zero attached hydrogens (tertiary/aromatic N) is 2. The van der Waals surface area contributed by atoms with Crippen molar-refractivity contribution in [3.05, 3.63) is 71.7 Å². The molecule has 2 aromatic rings. The first-order valence-electron chi connectivity index (χ1n) is 11.5. The molecule has 0 aliphatic carbocycles. The van der Waals surface area contributed by atoms with Gasteiger partial charge in [0, 0.05) is 31.7 Å². The van der Waals surface area contributed by atoms with Gasteiger partial charge in [-0.25, -0.2) is 0 Å². The Morgan fingerprint density at radius 2 is 1.88 bits per heavy atom. The average Bonchev–Trinajstić information content (AvgIpc) is 3.39. The van der Waals surface area contributed by atoms with E-state index in [9.17, 15) is 14.7 Å². The van der Waals surface area contributed by atoms with Crippen molar-refractivity contribution >= 4 is 17.4 Å². The van der Waals surface area contributed by atoms with E-state index >= 15 is 0 Å². The Hall–Kier alpha value is -3.36. The van der Waals surface area contributed by atoms with Crippen molar-refractivity contribution in [1.29, 1.82) is 0 Å². The fourth-order valence-electron chi connectivity index (χ4n) is 4.32. The number of hydrogen-bond acceptors (Lipinski definition) is 7. The Morgan fingerprint density at radius 3 is 2.53 bits per heavy atom. The van der Waals surface area contributed by atoms with Crippen LogP contribution >= 0.6 is 0 Å². The van der Waals surface area contributed by atoms with Gasteiger partial charge in [-0.1, -0.05) is 12.7 Å². The molecule has 0 spiro atoms. The highest BCUT2D eigenvalue weighted by Crippen LogP contribution is 2.40. The number of carbonyl (C=O) groups excluding carboxylic acids is 2. The number of benzene rings is 1. The SMILES string of the molecule is C=CCOc1ccc(/C(O)=C2\C(=O)C(=O)N(CCCN3CCOCC3)[C@H]2c2ccc(C)o2)cc1. The highest BCUT2D eigenvalue weighted by molar-refractivity contribution is 6.46. The van der Waals surface area contributed by atoms with Crippen molar-refractivity contribution in [2.75, 3.05) is 46.0 Å². The van der Waals surface area contributed by atoms with Crippen molar-refractivity contribution in [3.8, 4) is 5.75 Å². The normalized spacial score (nSPS) is 20.6. The Balaban J connectivity index is 1.61. The van der Waals surface area contributed by atoms with Gasteiger partial charge in [-0.3, -0.25) is 14.5 Å². The summed E-state index contributed by atoms with van der Waals surface area (Å²) in [5.41, 5.74) is 0.455. The first-order valence-corrected chi connectivity index (χ1v) is 11.5. The van der Waals surface area contributed by atoms with Crippen LogP contribution in [0.3, 0.4) is 0 Å². The van der Waals surface area contributed by atoms with Crippen LogP contribution in [0.25, 0.3) is 5.76 Å². The molecule has 1 atom stereocenters. The van der Waals surface area contributed by atoms with E-state index < -0.39 is 17.7 Å². The molecule has 0 saturated carbocycles. The molecule has 1 aromatic carbocycles. The number of ketones is 1. The summed E-state index contributed by atoms with van der Waals surface area (Å²) in [6.07, 6.45) is 2.33. The van der Waals surface area contributed by atoms with Crippen LogP contribution in [-0.2, 0) is 14.3 Å². The van der Waals surface area contributed by atoms with Gasteiger partial charge in [-0.15, -0.1) is 0 Å². The number of aryl methyl sites for hydroxylation is 1. The lowest BCUT2D eigenvalue weighted by Gasteiger charge is -2.28. The Kier molecular flexibility index (Phi) is 7.49. The minimum Gasteiger partial charge on any atom is -0.507 e. The zero-order valence-electron chi connectivity index (χ0n) is 19.4. The fraction of sp³-hybridized carbons (Fsp3) is 0.385. The molecule has 1 aromatic heterocycles. The van der Waals surface area contributed by atoms with Crippen LogP contribution in [0, 0.1) is 6.92 Å². The van der Waals surface area contributed by atoms with Gasteiger partial charge in [-0.05, 0) is 49.7 Å². The Morgan fingerprint density at radius 1 is 1.15 bits per heavy atom. The van der Waals surface area contributed by atoms with E-state index in [0.29, 0.717) is 55.6 Å². The molecule has 4 rings (SSSR count). The maximum Gasteiger partial charge on any atom is 0.295 e. The van der Waals surface area contributed by atoms with Gasteiger partial charge in [0.2, 0.25) is 0 Å². The number of Topliss-reactive ketones (excluding diaryl/α,β-unsaturated/α-hetero) is 1. The van der Waals surface area contributed by atoms with Crippen molar-refractivity contribution in [3.63, 3.8) is 0 Å². The summed E-state index contributed by atoms with van der Waals surface area (Å²) < 4.78 is 16.7. The molecule has 1 N–H and O–H groups in total. The van der Waals surface area contributed by atoms with E-state index in [1.165, 1.54) is 4.90 Å². The van der Waals surface area contributed by atoms with Gasteiger partial charge in [0.05, 0.1) is 18.8 Å². The second kappa shape index (κ2) is 10.7. The minimum absolute atomic E-state index is 0.0329. The molecule has 2 fully saturated rings. The van der Waals surface area contributed by atoms with E-state index in [1.54, 1.807) is 49.4 Å². The number of aliphatic hydroxyl groups is 1. The van der Waals surface area contributed by atoms with Gasteiger partial charge >= 0.3 is 0 Å². The molecule has 2 aliphatic rings. The van der Waals surface area contributed by atoms with E-state index in [2.05, 4.69) is 11.5 Å². The standard InChI is InChI=1S/C26H30N2O6/c1-3-15-33-20-8-6-19(7-9-20)24(29)22-23(21-10-5-18(2)34-21)28(26(31)25(22)30)12-4-11-27-13-16-32-17-14-27/h3,5-10,23,29H,1,4,11-17H2,2H3/b24-22+/t23-/m0/s1. The third kappa shape index (κ3) is 5.08. The fourth-order valence-corrected chi connectivity index (χ4v) is 4.32. The number of amides is 1. The van der Waals surface area contributed by atoms with Crippen LogP contribution in [0.15, 0.2) is 59.0 Å². The predicted molar refractivity (Wildman–Crippen MR) is 126 cm³/mol. The van der Waals surface area contributed by atoms with Crippen molar-refractivity contribution in [2.45, 2.75) is 19.4 Å². The van der Waals surface area contributed by atoms with Gasteiger partial charge in [0.25, 0.3) is 11.7 Å². The quantitative estimate of drug-likeness (QED) is 0.262. The van der Waals surface area contributed by atoms with Crippen molar-refractivity contribution in [2.24, 2.45) is 0 Å². The Bertz CT molecular complexity index is 1070. The topological polar surface area (TPSA) is 92.5 Å². The summed E-state index contributed by atoms with van der Waals surface area (Å²) in [7, 11) is 0. The molecule has 34 heavy (non-hydrogen) atoms. The summed E-state index contributed by atoms with van der Waals surface area (Å²) in [4.78, 5) is 29.9. The zero-order valence-corrected chi connectivity index (χ0v) is 19.4. The van der Waals surface area contributed by atoms with E-state index in [1.807, 2.05) is 0 Å². The van der Waals surface area contributed by atoms with Gasteiger partial charge in [-0.2, -0.15) is 0 Å². The molecule has 0 bridgehead atoms. The van der Waals surface area contributed by atoms with Crippen LogP contribution in [0.4, 0.5) is 0 Å². The molecule has 8 nitrogen and oxygen atoms in total. The second-order valence-corrected chi connectivity index (χ2v) is 8.37. The van der Waals surface area contributed by atoms with Gasteiger partial charge in [0.1, 0.15) is 35.7 Å². The predicted octanol–water partition coefficient (Wildman–Crippen LogP) is 3.30. The number of likely N-dealkylation sites (tertiary alicyclic amines) is 1. The minimum atomic E-state index is -0.782. The lowest BCUT2D eigenvalue weighted by Crippen LogP contribution is -2.38. The van der Waals surface area contributed by atoms with Gasteiger partial charge < -0.3 is 23.9 Å². The molecule has 3 heterocycles. The number of rotatable bonds is 9. The third-order valence-corrected chi connectivity index (χ3v) is 6.04. The van der Waals surface area contributed by atoms with E-state index in [-0.39, 0.29) is 11.3 Å². The number of hydrogen-bond donors (Lipinski definition) is 1. The molecule has 2 saturated heterocycles. The molecule has 0 unspecified atom stereocenters. The third-order valence-electron chi connectivity index (χ3n) is 6.04. The molecule has 8 heteroatoms. The van der Waals surface area contributed by atoms with Crippen LogP contribution in [0.2, 0.25) is 0 Å². The maximum atomic E-state index is 13.1. The molecular weight excluding hydrogens is 436 g/mol. The highest BCUT2D eigenvalue weighted by atomic mass is 16.5. The largest absolute Gasteiger partial charge is 0.507 e. The molecule has 0 radical (unpaired) electrons. The van der Waals surface area contributed by atoms with Crippen LogP contribution < -0.4 is 4.74 Å². The van der Waals surface area contributed by atoms with Crippen LogP contribution in [0.5, 0.6) is 5.75 Å². The molecular formula is C26H30N2O6. The van der Waals surface area contributed by atoms with E-state index in [4.69, 9.17) is 13.9 Å². The molecule has 1 amide bonds. The number of morpholine rings is 1. The monoisotopic (exact) mass is 466 g/mol. The van der Waals surface area contributed by atoms with Crippen LogP contribution in [0.1, 0.15) is 29.5 Å². The van der Waals surface area contributed by atoms with Crippen molar-refractivity contribution < 1.29 is 28.6 Å². The summed E-state index contributed by atoms with van der Waals surface area (Å²) in [5, 5.41) is 11.1. The molecule has 2 aliphatic heterocycles. The van der Waals surface area contributed by atoms with Crippen molar-refractivity contribution in [1.82, 2.24) is 9.80 Å². The summed E-state index contributed by atoms with van der Waals surface area (Å²) in [6.45, 7) is 10.1. The first-order chi connectivity index (χ1) is 16.5. The number of carbonyl (C=O) groups is 2. The lowest BCUT2D eigenvalue weighted by atomic mass is 9.99. The number of ether oxygens (including phenoxy) is 2. The summed E-state index contributed by atoms with van der Waals surface area (Å²) >= 11 is 0. The van der Waals surface area contributed by atoms with E-state index in [0.717, 1.165) is 19.6 Å². The first kappa shape index (κ1) is 23.8. The molecule has 180 valence electrons. The van der Waals surface area contributed by atoms with Crippen LogP contribution in [-0.4, -0.2) is 72.6 Å². The maximum absolute atomic E-state index is 13.1. The zero-order chi connectivity index (χ0) is 24.1. The second-order valence-electron chi connectivity index (χ2n) is 8.37. The van der Waals surface area contributed by atoms with Gasteiger partial charge in [0.15, 0.2) is 0 Å².